The molecule has 0 aromatic heterocycles. The van der Waals surface area contributed by atoms with Crippen molar-refractivity contribution in [2.75, 3.05) is 40.0 Å². The fourth-order valence-electron chi connectivity index (χ4n) is 3.98. The van der Waals surface area contributed by atoms with E-state index in [0.29, 0.717) is 32.6 Å². The first-order chi connectivity index (χ1) is 17.4. The molecule has 0 atom stereocenters. The van der Waals surface area contributed by atoms with E-state index in [9.17, 15) is 9.36 Å². The molecule has 1 aromatic rings. The van der Waals surface area contributed by atoms with Crippen LogP contribution in [0.5, 0.6) is 5.75 Å². The Bertz CT molecular complexity index is 741. The molecular formula is C27H48NO7P. The van der Waals surface area contributed by atoms with Crippen LogP contribution in [0.1, 0.15) is 89.5 Å². The van der Waals surface area contributed by atoms with Crippen molar-refractivity contribution >= 4 is 13.7 Å². The van der Waals surface area contributed by atoms with Crippen LogP contribution in [0.3, 0.4) is 0 Å². The van der Waals surface area contributed by atoms with Crippen LogP contribution < -0.4 is 4.74 Å². The zero-order valence-electron chi connectivity index (χ0n) is 22.4. The van der Waals surface area contributed by atoms with E-state index in [1.807, 2.05) is 24.3 Å². The molecule has 0 saturated carbocycles. The number of amides is 1. The van der Waals surface area contributed by atoms with Gasteiger partial charge >= 0.3 is 7.82 Å². The molecule has 208 valence electrons. The maximum absolute atomic E-state index is 12.9. The first-order valence-electron chi connectivity index (χ1n) is 13.5. The van der Waals surface area contributed by atoms with Gasteiger partial charge in [-0.2, -0.15) is 0 Å². The Morgan fingerprint density at radius 3 is 2.25 bits per heavy atom. The molecule has 0 bridgehead atoms. The van der Waals surface area contributed by atoms with Crippen LogP contribution in [0.4, 0.5) is 0 Å². The summed E-state index contributed by atoms with van der Waals surface area (Å²) < 4.78 is 26.5. The number of aryl methyl sites for hydroxylation is 1. The first-order valence-corrected chi connectivity index (χ1v) is 15.1. The fraction of sp³-hybridized carbons (Fsp3) is 0.741. The van der Waals surface area contributed by atoms with Crippen LogP contribution in [0, 0.1) is 0 Å². The largest absolute Gasteiger partial charge is 0.494 e. The Kier molecular flexibility index (Phi) is 18.6. The number of methoxy groups -OCH3 is 1. The summed E-state index contributed by atoms with van der Waals surface area (Å²) in [4.78, 5) is 32.3. The van der Waals surface area contributed by atoms with Gasteiger partial charge in [-0.25, -0.2) is 4.57 Å². The highest BCUT2D eigenvalue weighted by atomic mass is 31.2. The molecule has 0 fully saturated rings. The summed E-state index contributed by atoms with van der Waals surface area (Å²) in [5.41, 5.74) is 1.03. The number of hydrogen-bond acceptors (Lipinski definition) is 5. The van der Waals surface area contributed by atoms with Gasteiger partial charge in [0.05, 0.1) is 13.2 Å². The topological polar surface area (TPSA) is 106 Å². The van der Waals surface area contributed by atoms with Crippen LogP contribution >= 0.6 is 7.82 Å². The summed E-state index contributed by atoms with van der Waals surface area (Å²) in [7, 11) is -2.89. The monoisotopic (exact) mass is 529 g/mol. The molecule has 36 heavy (non-hydrogen) atoms. The van der Waals surface area contributed by atoms with E-state index in [1.165, 1.54) is 44.9 Å². The second-order valence-electron chi connectivity index (χ2n) is 9.23. The van der Waals surface area contributed by atoms with Crippen LogP contribution in [0.2, 0.25) is 0 Å². The molecule has 0 aliphatic carbocycles. The van der Waals surface area contributed by atoms with E-state index in [4.69, 9.17) is 19.3 Å². The maximum Gasteiger partial charge on any atom is 0.469 e. The molecule has 1 amide bonds. The van der Waals surface area contributed by atoms with Crippen molar-refractivity contribution < 1.29 is 33.1 Å². The Labute approximate surface area is 217 Å². The summed E-state index contributed by atoms with van der Waals surface area (Å²) in [6.07, 6.45) is 13.6. The third-order valence-electron chi connectivity index (χ3n) is 6.04. The van der Waals surface area contributed by atoms with Crippen molar-refractivity contribution in [2.45, 2.75) is 90.4 Å². The maximum atomic E-state index is 12.9. The molecule has 0 unspecified atom stereocenters. The van der Waals surface area contributed by atoms with E-state index in [-0.39, 0.29) is 19.1 Å². The number of phosphoric acid groups is 1. The number of benzene rings is 1. The SMILES string of the molecule is CCCCCCCCCCOc1cccc(CCC(=O)N(CCCCCOC)CCOP(=O)(O)O)c1. The molecule has 0 aliphatic rings. The molecular weight excluding hydrogens is 481 g/mol. The van der Waals surface area contributed by atoms with E-state index < -0.39 is 7.82 Å². The standard InChI is InChI=1S/C27H48NO7P/c1-3-4-5-6-7-8-9-13-22-34-26-16-14-15-25(24-26)17-18-27(29)28(19-11-10-12-21-33-2)20-23-35-36(30,31)32/h14-16,24H,3-13,17-23H2,1-2H3,(H2,30,31,32). The van der Waals surface area contributed by atoms with Gasteiger partial charge in [0.1, 0.15) is 5.75 Å². The van der Waals surface area contributed by atoms with Crippen LogP contribution in [-0.2, 0) is 25.0 Å². The lowest BCUT2D eigenvalue weighted by molar-refractivity contribution is -0.131. The highest BCUT2D eigenvalue weighted by molar-refractivity contribution is 7.46. The average Bonchev–Trinajstić information content (AvgIpc) is 2.84. The van der Waals surface area contributed by atoms with Gasteiger partial charge in [-0.15, -0.1) is 0 Å². The summed E-state index contributed by atoms with van der Waals surface area (Å²) >= 11 is 0. The lowest BCUT2D eigenvalue weighted by atomic mass is 10.1. The van der Waals surface area contributed by atoms with E-state index in [2.05, 4.69) is 11.4 Å². The minimum absolute atomic E-state index is 0.0543. The van der Waals surface area contributed by atoms with Crippen LogP contribution in [-0.4, -0.2) is 60.6 Å². The van der Waals surface area contributed by atoms with Gasteiger partial charge in [0.2, 0.25) is 5.91 Å². The Hall–Kier alpha value is -1.44. The normalized spacial score (nSPS) is 11.6. The van der Waals surface area contributed by atoms with Crippen LogP contribution in [0.15, 0.2) is 24.3 Å². The van der Waals surface area contributed by atoms with Crippen molar-refractivity contribution in [1.82, 2.24) is 4.90 Å². The average molecular weight is 530 g/mol. The summed E-state index contributed by atoms with van der Waals surface area (Å²) in [6.45, 7) is 4.09. The van der Waals surface area contributed by atoms with Gasteiger partial charge in [-0.3, -0.25) is 9.32 Å². The quantitative estimate of drug-likeness (QED) is 0.134. The van der Waals surface area contributed by atoms with E-state index >= 15 is 0 Å². The lowest BCUT2D eigenvalue weighted by Gasteiger charge is -2.23. The van der Waals surface area contributed by atoms with Gasteiger partial charge in [0.15, 0.2) is 0 Å². The Morgan fingerprint density at radius 1 is 0.889 bits per heavy atom. The number of rotatable bonds is 23. The number of ether oxygens (including phenoxy) is 2. The Balaban J connectivity index is 2.41. The third-order valence-corrected chi connectivity index (χ3v) is 6.56. The minimum atomic E-state index is -4.55. The fourth-order valence-corrected chi connectivity index (χ4v) is 4.30. The van der Waals surface area contributed by atoms with Gasteiger partial charge < -0.3 is 24.2 Å². The third kappa shape index (κ3) is 17.9. The summed E-state index contributed by atoms with van der Waals surface area (Å²) in [6, 6.07) is 7.87. The molecule has 2 N–H and O–H groups in total. The minimum Gasteiger partial charge on any atom is -0.494 e. The number of phosphoric ester groups is 1. The van der Waals surface area contributed by atoms with Crippen LogP contribution in [0.25, 0.3) is 0 Å². The number of unbranched alkanes of at least 4 members (excludes halogenated alkanes) is 9. The number of nitrogens with zero attached hydrogens (tertiary/aromatic N) is 1. The van der Waals surface area contributed by atoms with Gasteiger partial charge in [0.25, 0.3) is 0 Å². The van der Waals surface area contributed by atoms with Crippen molar-refractivity contribution in [1.29, 1.82) is 0 Å². The van der Waals surface area contributed by atoms with Crippen molar-refractivity contribution in [3.63, 3.8) is 0 Å². The molecule has 0 spiro atoms. The highest BCUT2D eigenvalue weighted by Crippen LogP contribution is 2.35. The molecule has 0 radical (unpaired) electrons. The van der Waals surface area contributed by atoms with Gasteiger partial charge in [-0.05, 0) is 49.8 Å². The number of hydrogen-bond donors (Lipinski definition) is 2. The summed E-state index contributed by atoms with van der Waals surface area (Å²) in [5, 5.41) is 0. The molecule has 8 nitrogen and oxygen atoms in total. The molecule has 9 heteroatoms. The van der Waals surface area contributed by atoms with Crippen molar-refractivity contribution in [3.05, 3.63) is 29.8 Å². The predicted octanol–water partition coefficient (Wildman–Crippen LogP) is 5.89. The number of carbonyl (C=O) groups is 1. The zero-order valence-corrected chi connectivity index (χ0v) is 23.3. The smallest absolute Gasteiger partial charge is 0.469 e. The molecule has 1 aromatic carbocycles. The lowest BCUT2D eigenvalue weighted by Crippen LogP contribution is -2.35. The van der Waals surface area contributed by atoms with E-state index in [0.717, 1.165) is 37.0 Å². The zero-order chi connectivity index (χ0) is 26.5. The predicted molar refractivity (Wildman–Crippen MR) is 143 cm³/mol. The van der Waals surface area contributed by atoms with E-state index in [1.54, 1.807) is 12.0 Å². The number of carbonyl (C=O) groups excluding carboxylic acids is 1. The van der Waals surface area contributed by atoms with Crippen molar-refractivity contribution in [3.8, 4) is 5.75 Å². The van der Waals surface area contributed by atoms with Gasteiger partial charge in [-0.1, -0.05) is 64.0 Å². The van der Waals surface area contributed by atoms with Gasteiger partial charge in [0, 0.05) is 33.2 Å². The second-order valence-corrected chi connectivity index (χ2v) is 10.5. The first kappa shape index (κ1) is 32.6. The molecule has 0 heterocycles. The Morgan fingerprint density at radius 2 is 1.56 bits per heavy atom. The van der Waals surface area contributed by atoms with Crippen molar-refractivity contribution in [2.24, 2.45) is 0 Å². The molecule has 0 aliphatic heterocycles. The molecule has 1 rings (SSSR count). The highest BCUT2D eigenvalue weighted by Gasteiger charge is 2.17. The molecule has 0 saturated heterocycles. The second kappa shape index (κ2) is 20.6. The summed E-state index contributed by atoms with van der Waals surface area (Å²) in [5.74, 6) is 0.772.